The number of hydrogen-bond donors (Lipinski definition) is 1. The molecule has 0 aromatic heterocycles. The van der Waals surface area contributed by atoms with Crippen LogP contribution < -0.4 is 5.32 Å². The lowest BCUT2D eigenvalue weighted by atomic mass is 10.1. The number of imide groups is 3. The van der Waals surface area contributed by atoms with Crippen molar-refractivity contribution >= 4 is 23.6 Å². The van der Waals surface area contributed by atoms with E-state index >= 15 is 0 Å². The van der Waals surface area contributed by atoms with Gasteiger partial charge in [-0.2, -0.15) is 0 Å². The van der Waals surface area contributed by atoms with Crippen LogP contribution in [-0.2, 0) is 23.9 Å². The highest BCUT2D eigenvalue weighted by molar-refractivity contribution is 6.15. The van der Waals surface area contributed by atoms with E-state index in [0.717, 1.165) is 24.3 Å². The average Bonchev–Trinajstić information content (AvgIpc) is 2.82. The molecule has 1 aliphatic rings. The standard InChI is InChI=1S/C18H30N2O5/c1-4-13(2)12-25-10-6-9-19-15(21)7-5-8-16(22)20-17(23)11-14(3)18(20)24/h13-14H,4-12H2,1-3H3,(H,19,21). The summed E-state index contributed by atoms with van der Waals surface area (Å²) in [5.74, 6) is -1.40. The fraction of sp³-hybridized carbons (Fsp3) is 0.778. The lowest BCUT2D eigenvalue weighted by Crippen LogP contribution is -2.36. The second kappa shape index (κ2) is 11.0. The van der Waals surface area contributed by atoms with Crippen molar-refractivity contribution in [3.05, 3.63) is 0 Å². The van der Waals surface area contributed by atoms with Crippen LogP contribution in [0.1, 0.15) is 59.3 Å². The van der Waals surface area contributed by atoms with Gasteiger partial charge in [0.1, 0.15) is 0 Å². The first-order chi connectivity index (χ1) is 11.9. The van der Waals surface area contributed by atoms with E-state index in [1.165, 1.54) is 0 Å². The second-order valence-electron chi connectivity index (χ2n) is 6.71. The normalized spacial score (nSPS) is 18.5. The van der Waals surface area contributed by atoms with Gasteiger partial charge in [-0.15, -0.1) is 0 Å². The van der Waals surface area contributed by atoms with E-state index in [-0.39, 0.29) is 25.2 Å². The van der Waals surface area contributed by atoms with Crippen LogP contribution in [0.2, 0.25) is 0 Å². The molecule has 25 heavy (non-hydrogen) atoms. The SMILES string of the molecule is CCC(C)COCCCNC(=O)CCCC(=O)N1C(=O)CC(C)C1=O. The minimum atomic E-state index is -0.509. The zero-order valence-electron chi connectivity index (χ0n) is 15.5. The highest BCUT2D eigenvalue weighted by Gasteiger charge is 2.39. The average molecular weight is 354 g/mol. The molecule has 0 radical (unpaired) electrons. The van der Waals surface area contributed by atoms with Crippen LogP contribution in [0.3, 0.4) is 0 Å². The van der Waals surface area contributed by atoms with Crippen LogP contribution in [0.5, 0.6) is 0 Å². The maximum absolute atomic E-state index is 11.9. The van der Waals surface area contributed by atoms with E-state index in [1.54, 1.807) is 6.92 Å². The van der Waals surface area contributed by atoms with Crippen LogP contribution in [0.25, 0.3) is 0 Å². The fourth-order valence-corrected chi connectivity index (χ4v) is 2.45. The van der Waals surface area contributed by atoms with Gasteiger partial charge in [0.2, 0.25) is 23.6 Å². The summed E-state index contributed by atoms with van der Waals surface area (Å²) >= 11 is 0. The van der Waals surface area contributed by atoms with Crippen LogP contribution >= 0.6 is 0 Å². The van der Waals surface area contributed by atoms with E-state index in [0.29, 0.717) is 25.5 Å². The van der Waals surface area contributed by atoms with Gasteiger partial charge in [0.05, 0.1) is 0 Å². The maximum Gasteiger partial charge on any atom is 0.239 e. The largest absolute Gasteiger partial charge is 0.381 e. The Morgan fingerprint density at radius 3 is 2.60 bits per heavy atom. The van der Waals surface area contributed by atoms with E-state index in [2.05, 4.69) is 19.2 Å². The van der Waals surface area contributed by atoms with Crippen molar-refractivity contribution in [3.8, 4) is 0 Å². The molecule has 0 bridgehead atoms. The second-order valence-corrected chi connectivity index (χ2v) is 6.71. The van der Waals surface area contributed by atoms with E-state index in [9.17, 15) is 19.2 Å². The summed E-state index contributed by atoms with van der Waals surface area (Å²) in [6.45, 7) is 7.77. The number of nitrogens with zero attached hydrogens (tertiary/aromatic N) is 1. The molecule has 1 rings (SSSR count). The topological polar surface area (TPSA) is 92.8 Å². The fourth-order valence-electron chi connectivity index (χ4n) is 2.45. The predicted molar refractivity (Wildman–Crippen MR) is 92.4 cm³/mol. The smallest absolute Gasteiger partial charge is 0.239 e. The van der Waals surface area contributed by atoms with Gasteiger partial charge in [-0.1, -0.05) is 27.2 Å². The molecule has 7 nitrogen and oxygen atoms in total. The quantitative estimate of drug-likeness (QED) is 0.450. The Labute approximate surface area is 149 Å². The van der Waals surface area contributed by atoms with Gasteiger partial charge in [0.15, 0.2) is 0 Å². The van der Waals surface area contributed by atoms with Crippen LogP contribution in [0.4, 0.5) is 0 Å². The third kappa shape index (κ3) is 7.34. The van der Waals surface area contributed by atoms with E-state index in [4.69, 9.17) is 4.74 Å². The third-order valence-corrected chi connectivity index (χ3v) is 4.30. The number of likely N-dealkylation sites (tertiary alicyclic amines) is 1. The summed E-state index contributed by atoms with van der Waals surface area (Å²) in [5.41, 5.74) is 0. The molecular weight excluding hydrogens is 324 g/mol. The van der Waals surface area contributed by atoms with Crippen LogP contribution in [-0.4, -0.2) is 48.3 Å². The van der Waals surface area contributed by atoms with Crippen LogP contribution in [0, 0.1) is 11.8 Å². The Morgan fingerprint density at radius 2 is 2.00 bits per heavy atom. The summed E-state index contributed by atoms with van der Waals surface area (Å²) in [6, 6.07) is 0. The molecule has 0 spiro atoms. The van der Waals surface area contributed by atoms with Gasteiger partial charge < -0.3 is 10.1 Å². The van der Waals surface area contributed by atoms with Gasteiger partial charge in [0.25, 0.3) is 0 Å². The number of amides is 4. The van der Waals surface area contributed by atoms with E-state index in [1.807, 2.05) is 0 Å². The van der Waals surface area contributed by atoms with Crippen molar-refractivity contribution in [1.29, 1.82) is 0 Å². The summed E-state index contributed by atoms with van der Waals surface area (Å²) < 4.78 is 5.50. The highest BCUT2D eigenvalue weighted by atomic mass is 16.5. The number of ether oxygens (including phenoxy) is 1. The summed E-state index contributed by atoms with van der Waals surface area (Å²) in [7, 11) is 0. The molecule has 0 aromatic carbocycles. The van der Waals surface area contributed by atoms with Crippen molar-refractivity contribution in [1.82, 2.24) is 10.2 Å². The van der Waals surface area contributed by atoms with Crippen molar-refractivity contribution in [2.24, 2.45) is 11.8 Å². The first kappa shape index (κ1) is 21.3. The zero-order chi connectivity index (χ0) is 18.8. The Bertz CT molecular complexity index is 492. The molecule has 0 aromatic rings. The number of nitrogens with one attached hydrogen (secondary N) is 1. The first-order valence-corrected chi connectivity index (χ1v) is 9.10. The summed E-state index contributed by atoms with van der Waals surface area (Å²) in [4.78, 5) is 47.7. The number of rotatable bonds is 11. The maximum atomic E-state index is 11.9. The predicted octanol–water partition coefficient (Wildman–Crippen LogP) is 1.65. The molecule has 1 N–H and O–H groups in total. The van der Waals surface area contributed by atoms with E-state index < -0.39 is 23.6 Å². The Hall–Kier alpha value is -1.76. The molecule has 142 valence electrons. The number of carbonyl (C=O) groups excluding carboxylic acids is 4. The third-order valence-electron chi connectivity index (χ3n) is 4.30. The Morgan fingerprint density at radius 1 is 1.28 bits per heavy atom. The lowest BCUT2D eigenvalue weighted by Gasteiger charge is -2.12. The molecule has 0 aliphatic carbocycles. The van der Waals surface area contributed by atoms with Crippen molar-refractivity contribution in [2.75, 3.05) is 19.8 Å². The molecule has 7 heteroatoms. The molecule has 4 amide bonds. The summed E-state index contributed by atoms with van der Waals surface area (Å²) in [6.07, 6.45) is 2.46. The van der Waals surface area contributed by atoms with Gasteiger partial charge in [-0.3, -0.25) is 19.2 Å². The van der Waals surface area contributed by atoms with Crippen LogP contribution in [0.15, 0.2) is 0 Å². The van der Waals surface area contributed by atoms with Gasteiger partial charge in [-0.25, -0.2) is 4.90 Å². The minimum absolute atomic E-state index is 0.0234. The van der Waals surface area contributed by atoms with Gasteiger partial charge in [-0.05, 0) is 18.8 Å². The molecule has 1 heterocycles. The number of hydrogen-bond acceptors (Lipinski definition) is 5. The molecule has 1 aliphatic heterocycles. The van der Waals surface area contributed by atoms with Crippen molar-refractivity contribution in [2.45, 2.75) is 59.3 Å². The molecular formula is C18H30N2O5. The highest BCUT2D eigenvalue weighted by Crippen LogP contribution is 2.20. The summed E-state index contributed by atoms with van der Waals surface area (Å²) in [5, 5.41) is 2.77. The molecule has 2 atom stereocenters. The molecule has 0 saturated carbocycles. The zero-order valence-corrected chi connectivity index (χ0v) is 15.5. The van der Waals surface area contributed by atoms with Gasteiger partial charge in [0, 0.05) is 44.9 Å². The minimum Gasteiger partial charge on any atom is -0.381 e. The number of carbonyl (C=O) groups is 4. The molecule has 1 fully saturated rings. The lowest BCUT2D eigenvalue weighted by molar-refractivity contribution is -0.150. The Kier molecular flexibility index (Phi) is 9.34. The first-order valence-electron chi connectivity index (χ1n) is 9.10. The Balaban J connectivity index is 2.09. The molecule has 1 saturated heterocycles. The monoisotopic (exact) mass is 354 g/mol. The van der Waals surface area contributed by atoms with Gasteiger partial charge >= 0.3 is 0 Å². The van der Waals surface area contributed by atoms with Crippen molar-refractivity contribution in [3.63, 3.8) is 0 Å². The molecule has 2 unspecified atom stereocenters. The van der Waals surface area contributed by atoms with Crippen molar-refractivity contribution < 1.29 is 23.9 Å².